The van der Waals surface area contributed by atoms with Crippen molar-refractivity contribution in [3.8, 4) is 5.75 Å². The number of hydrogen-bond donors (Lipinski definition) is 2. The molecule has 0 fully saturated rings. The molecule has 2 aromatic rings. The van der Waals surface area contributed by atoms with Gasteiger partial charge in [-0.1, -0.05) is 43.0 Å². The van der Waals surface area contributed by atoms with Crippen LogP contribution in [0.2, 0.25) is 0 Å². The molecule has 0 saturated carbocycles. The van der Waals surface area contributed by atoms with Gasteiger partial charge >= 0.3 is 0 Å². The van der Waals surface area contributed by atoms with Crippen molar-refractivity contribution in [1.82, 2.24) is 5.43 Å². The molecule has 27 heavy (non-hydrogen) atoms. The lowest BCUT2D eigenvalue weighted by atomic mass is 10.1. The van der Waals surface area contributed by atoms with Crippen LogP contribution in [0.25, 0.3) is 6.08 Å². The summed E-state index contributed by atoms with van der Waals surface area (Å²) < 4.78 is 5.52. The monoisotopic (exact) mass is 364 g/mol. The third kappa shape index (κ3) is 6.37. The molecule has 2 aromatic carbocycles. The Balaban J connectivity index is 1.97. The van der Waals surface area contributed by atoms with E-state index in [1.165, 1.54) is 12.3 Å². The van der Waals surface area contributed by atoms with E-state index in [0.29, 0.717) is 17.9 Å². The molecule has 1 amide bonds. The number of aliphatic hydroxyl groups excluding tert-OH is 1. The van der Waals surface area contributed by atoms with Gasteiger partial charge in [0.25, 0.3) is 5.91 Å². The number of hydrogen-bond acceptors (Lipinski definition) is 5. The molecule has 2 rings (SSSR count). The van der Waals surface area contributed by atoms with Crippen molar-refractivity contribution in [2.24, 2.45) is 5.10 Å². The Bertz CT molecular complexity index is 855. The zero-order chi connectivity index (χ0) is 19.5. The summed E-state index contributed by atoms with van der Waals surface area (Å²) in [6, 6.07) is 13.9. The Labute approximate surface area is 157 Å². The van der Waals surface area contributed by atoms with Gasteiger partial charge < -0.3 is 9.84 Å². The number of ketones is 1. The van der Waals surface area contributed by atoms with Crippen molar-refractivity contribution in [3.63, 3.8) is 0 Å². The first-order chi connectivity index (χ1) is 13.1. The largest absolute Gasteiger partial charge is 0.489 e. The fraction of sp³-hybridized carbons (Fsp3) is 0.0952. The van der Waals surface area contributed by atoms with E-state index >= 15 is 0 Å². The first kappa shape index (κ1) is 19.8. The molecule has 6 heteroatoms. The van der Waals surface area contributed by atoms with Crippen molar-refractivity contribution < 1.29 is 19.4 Å². The Morgan fingerprint density at radius 3 is 2.59 bits per heavy atom. The fourth-order valence-corrected chi connectivity index (χ4v) is 2.08. The summed E-state index contributed by atoms with van der Waals surface area (Å²) in [5.41, 5.74) is 4.36. The van der Waals surface area contributed by atoms with Crippen molar-refractivity contribution in [3.05, 3.63) is 84.0 Å². The van der Waals surface area contributed by atoms with Gasteiger partial charge in [0.05, 0.1) is 6.21 Å². The first-order valence-electron chi connectivity index (χ1n) is 8.22. The Hall–Kier alpha value is -3.51. The number of ether oxygens (including phenoxy) is 1. The van der Waals surface area contributed by atoms with E-state index in [9.17, 15) is 9.59 Å². The maximum absolute atomic E-state index is 12.1. The Morgan fingerprint density at radius 2 is 1.89 bits per heavy atom. The fourth-order valence-electron chi connectivity index (χ4n) is 2.08. The van der Waals surface area contributed by atoms with Crippen molar-refractivity contribution >= 4 is 24.0 Å². The number of amides is 1. The number of rotatable bonds is 9. The molecule has 0 aromatic heterocycles. The first-order valence-corrected chi connectivity index (χ1v) is 8.22. The highest BCUT2D eigenvalue weighted by Crippen LogP contribution is 2.15. The normalized spacial score (nSPS) is 10.9. The molecule has 0 atom stereocenters. The summed E-state index contributed by atoms with van der Waals surface area (Å²) in [6.07, 6.45) is 6.01. The van der Waals surface area contributed by atoms with Gasteiger partial charge in [-0.25, -0.2) is 5.43 Å². The molecule has 6 nitrogen and oxygen atoms in total. The molecule has 0 aliphatic carbocycles. The van der Waals surface area contributed by atoms with Crippen molar-refractivity contribution in [2.75, 3.05) is 13.2 Å². The van der Waals surface area contributed by atoms with E-state index < -0.39 is 6.61 Å². The van der Waals surface area contributed by atoms with Crippen LogP contribution in [0.15, 0.2) is 72.4 Å². The molecule has 0 aliphatic heterocycles. The lowest BCUT2D eigenvalue weighted by Gasteiger charge is -2.06. The van der Waals surface area contributed by atoms with Gasteiger partial charge in [0, 0.05) is 11.1 Å². The Kier molecular flexibility index (Phi) is 7.68. The topological polar surface area (TPSA) is 88.0 Å². The summed E-state index contributed by atoms with van der Waals surface area (Å²) in [5, 5.41) is 12.6. The van der Waals surface area contributed by atoms with Gasteiger partial charge in [-0.3, -0.25) is 9.59 Å². The zero-order valence-corrected chi connectivity index (χ0v) is 14.7. The summed E-state index contributed by atoms with van der Waals surface area (Å²) in [5.74, 6) is -0.106. The second-order valence-corrected chi connectivity index (χ2v) is 5.42. The molecule has 0 radical (unpaired) electrons. The van der Waals surface area contributed by atoms with Crippen LogP contribution in [-0.2, 0) is 4.79 Å². The van der Waals surface area contributed by atoms with Crippen molar-refractivity contribution in [2.45, 2.75) is 0 Å². The van der Waals surface area contributed by atoms with Gasteiger partial charge in [0.1, 0.15) is 19.0 Å². The van der Waals surface area contributed by atoms with E-state index in [4.69, 9.17) is 9.84 Å². The average Bonchev–Trinajstić information content (AvgIpc) is 2.71. The molecular formula is C21H20N2O4. The lowest BCUT2D eigenvalue weighted by Crippen LogP contribution is -2.17. The number of benzene rings is 2. The second kappa shape index (κ2) is 10.5. The van der Waals surface area contributed by atoms with E-state index in [-0.39, 0.29) is 11.7 Å². The highest BCUT2D eigenvalue weighted by molar-refractivity contribution is 5.96. The van der Waals surface area contributed by atoms with E-state index in [1.54, 1.807) is 42.5 Å². The predicted molar refractivity (Wildman–Crippen MR) is 105 cm³/mol. The summed E-state index contributed by atoms with van der Waals surface area (Å²) >= 11 is 0. The average molecular weight is 364 g/mol. The van der Waals surface area contributed by atoms with Gasteiger partial charge in [-0.2, -0.15) is 5.10 Å². The molecule has 0 aliphatic rings. The van der Waals surface area contributed by atoms with Gasteiger partial charge in [0.2, 0.25) is 0 Å². The van der Waals surface area contributed by atoms with Crippen LogP contribution < -0.4 is 10.2 Å². The van der Waals surface area contributed by atoms with Crippen LogP contribution in [0.5, 0.6) is 5.75 Å². The minimum Gasteiger partial charge on any atom is -0.489 e. The van der Waals surface area contributed by atoms with Gasteiger partial charge in [-0.05, 0) is 35.9 Å². The molecule has 0 bridgehead atoms. The maximum atomic E-state index is 12.1. The van der Waals surface area contributed by atoms with E-state index in [1.807, 2.05) is 18.2 Å². The van der Waals surface area contributed by atoms with Crippen LogP contribution in [0, 0.1) is 0 Å². The van der Waals surface area contributed by atoms with Crippen LogP contribution >= 0.6 is 0 Å². The molecule has 138 valence electrons. The number of nitrogens with one attached hydrogen (secondary N) is 1. The number of carbonyl (C=O) groups excluding carboxylic acids is 2. The molecule has 0 heterocycles. The summed E-state index contributed by atoms with van der Waals surface area (Å²) in [4.78, 5) is 23.2. The Morgan fingerprint density at radius 1 is 1.15 bits per heavy atom. The highest BCUT2D eigenvalue weighted by Gasteiger charge is 2.04. The summed E-state index contributed by atoms with van der Waals surface area (Å²) in [6.45, 7) is 3.45. The van der Waals surface area contributed by atoms with E-state index in [0.717, 1.165) is 11.1 Å². The second-order valence-electron chi connectivity index (χ2n) is 5.42. The minimum absolute atomic E-state index is 0.363. The zero-order valence-electron chi connectivity index (χ0n) is 14.7. The lowest BCUT2D eigenvalue weighted by molar-refractivity contribution is -0.117. The van der Waals surface area contributed by atoms with Crippen LogP contribution in [0.1, 0.15) is 21.5 Å². The smallest absolute Gasteiger partial charge is 0.271 e. The molecular weight excluding hydrogens is 344 g/mol. The number of aliphatic hydroxyl groups is 1. The third-order valence-corrected chi connectivity index (χ3v) is 3.44. The van der Waals surface area contributed by atoms with Crippen molar-refractivity contribution in [1.29, 1.82) is 0 Å². The highest BCUT2D eigenvalue weighted by atomic mass is 16.5. The van der Waals surface area contributed by atoms with Crippen LogP contribution in [-0.4, -0.2) is 36.2 Å². The molecule has 2 N–H and O–H groups in total. The third-order valence-electron chi connectivity index (χ3n) is 3.44. The number of carbonyl (C=O) groups is 2. The number of para-hydroxylation sites is 1. The molecule has 0 saturated heterocycles. The molecule has 0 unspecified atom stereocenters. The van der Waals surface area contributed by atoms with Crippen LogP contribution in [0.4, 0.5) is 0 Å². The van der Waals surface area contributed by atoms with Gasteiger partial charge in [0.15, 0.2) is 5.78 Å². The number of nitrogens with zero attached hydrogens (tertiary/aromatic N) is 1. The molecule has 0 spiro atoms. The van der Waals surface area contributed by atoms with E-state index in [2.05, 4.69) is 17.1 Å². The number of hydrazone groups is 1. The minimum atomic E-state index is -0.531. The van der Waals surface area contributed by atoms with Crippen LogP contribution in [0.3, 0.4) is 0 Å². The summed E-state index contributed by atoms with van der Waals surface area (Å²) in [7, 11) is 0. The predicted octanol–water partition coefficient (Wildman–Crippen LogP) is 2.59. The SMILES string of the molecule is C=CCOc1ccccc1/C=N/NC(=O)c1ccc(/C=C/C(=O)CO)cc1. The quantitative estimate of drug-likeness (QED) is 0.310. The standard InChI is InChI=1S/C21H20N2O4/c1-2-13-27-20-6-4-3-5-18(20)14-22-23-21(26)17-10-7-16(8-11-17)9-12-19(25)15-24/h2-12,14,24H,1,13,15H2,(H,23,26)/b12-9+,22-14+. The van der Waals surface area contributed by atoms with Gasteiger partial charge in [-0.15, -0.1) is 0 Å². The maximum Gasteiger partial charge on any atom is 0.271 e.